The molecule has 17 heavy (non-hydrogen) atoms. The smallest absolute Gasteiger partial charge is 0.272 e. The summed E-state index contributed by atoms with van der Waals surface area (Å²) >= 11 is 0. The van der Waals surface area contributed by atoms with Gasteiger partial charge in [-0.3, -0.25) is 4.79 Å². The molecule has 0 atom stereocenters. The Balaban J connectivity index is 2.22. The van der Waals surface area contributed by atoms with Crippen molar-refractivity contribution in [2.75, 3.05) is 5.32 Å². The molecule has 0 saturated carbocycles. The highest BCUT2D eigenvalue weighted by atomic mass is 19.1. The Labute approximate surface area is 98.9 Å². The molecule has 0 fully saturated rings. The number of rotatable bonds is 2. The number of halogens is 1. The van der Waals surface area contributed by atoms with Crippen LogP contribution in [0.25, 0.3) is 0 Å². The molecule has 2 rings (SSSR count). The summed E-state index contributed by atoms with van der Waals surface area (Å²) in [6, 6.07) is 8.15. The number of hydrogen-bond acceptors (Lipinski definition) is 1. The van der Waals surface area contributed by atoms with E-state index >= 15 is 0 Å². The fourth-order valence-electron chi connectivity index (χ4n) is 1.60. The minimum absolute atomic E-state index is 0.196. The molecule has 0 spiro atoms. The lowest BCUT2D eigenvalue weighted by molar-refractivity contribution is 0.101. The first-order valence-electron chi connectivity index (χ1n) is 5.27. The van der Waals surface area contributed by atoms with Crippen molar-refractivity contribution in [3.63, 3.8) is 0 Å². The lowest BCUT2D eigenvalue weighted by Gasteiger charge is -2.07. The first kappa shape index (κ1) is 11.4. The van der Waals surface area contributed by atoms with Gasteiger partial charge < -0.3 is 9.88 Å². The topological polar surface area (TPSA) is 34.0 Å². The van der Waals surface area contributed by atoms with Crippen LogP contribution in [-0.2, 0) is 7.05 Å². The quantitative estimate of drug-likeness (QED) is 0.848. The second-order valence-corrected chi connectivity index (χ2v) is 3.94. The summed E-state index contributed by atoms with van der Waals surface area (Å²) in [7, 11) is 1.76. The van der Waals surface area contributed by atoms with Gasteiger partial charge in [-0.15, -0.1) is 0 Å². The van der Waals surface area contributed by atoms with Crippen LogP contribution in [0.1, 0.15) is 16.1 Å². The van der Waals surface area contributed by atoms with Gasteiger partial charge in [0.1, 0.15) is 11.5 Å². The highest BCUT2D eigenvalue weighted by Crippen LogP contribution is 2.16. The van der Waals surface area contributed by atoms with Crippen molar-refractivity contribution in [2.45, 2.75) is 6.92 Å². The molecule has 2 aromatic rings. The maximum absolute atomic E-state index is 13.5. The monoisotopic (exact) mass is 232 g/mol. The number of aryl methyl sites for hydroxylation is 2. The van der Waals surface area contributed by atoms with Gasteiger partial charge in [-0.25, -0.2) is 4.39 Å². The summed E-state index contributed by atoms with van der Waals surface area (Å²) < 4.78 is 15.2. The maximum Gasteiger partial charge on any atom is 0.272 e. The molecule has 0 saturated heterocycles. The van der Waals surface area contributed by atoms with E-state index in [0.717, 1.165) is 5.56 Å². The van der Waals surface area contributed by atoms with Crippen molar-refractivity contribution < 1.29 is 9.18 Å². The molecule has 1 amide bonds. The number of carbonyl (C=O) groups excluding carboxylic acids is 1. The Morgan fingerprint density at radius 2 is 2.12 bits per heavy atom. The van der Waals surface area contributed by atoms with E-state index in [-0.39, 0.29) is 11.6 Å². The zero-order valence-corrected chi connectivity index (χ0v) is 9.70. The van der Waals surface area contributed by atoms with E-state index in [9.17, 15) is 9.18 Å². The van der Waals surface area contributed by atoms with E-state index < -0.39 is 5.82 Å². The van der Waals surface area contributed by atoms with Crippen molar-refractivity contribution in [3.8, 4) is 0 Å². The van der Waals surface area contributed by atoms with E-state index in [1.54, 1.807) is 49.0 Å². The molecule has 0 aliphatic heterocycles. The second-order valence-electron chi connectivity index (χ2n) is 3.94. The predicted molar refractivity (Wildman–Crippen MR) is 64.5 cm³/mol. The zero-order chi connectivity index (χ0) is 12.4. The lowest BCUT2D eigenvalue weighted by Crippen LogP contribution is -2.16. The molecule has 88 valence electrons. The first-order chi connectivity index (χ1) is 8.08. The van der Waals surface area contributed by atoms with Crippen molar-refractivity contribution in [2.24, 2.45) is 7.05 Å². The van der Waals surface area contributed by atoms with E-state index in [1.165, 1.54) is 6.07 Å². The zero-order valence-electron chi connectivity index (χ0n) is 9.70. The van der Waals surface area contributed by atoms with Gasteiger partial charge in [0.25, 0.3) is 5.91 Å². The molecule has 1 aromatic heterocycles. The SMILES string of the molecule is Cc1ccc(NC(=O)c2cccn2C)c(F)c1. The number of hydrogen-bond donors (Lipinski definition) is 1. The fourth-order valence-corrected chi connectivity index (χ4v) is 1.60. The van der Waals surface area contributed by atoms with Crippen LogP contribution < -0.4 is 5.32 Å². The highest BCUT2D eigenvalue weighted by molar-refractivity contribution is 6.03. The number of amides is 1. The van der Waals surface area contributed by atoms with E-state index in [0.29, 0.717) is 5.69 Å². The number of benzene rings is 1. The molecular formula is C13H13FN2O. The van der Waals surface area contributed by atoms with Gasteiger partial charge in [0, 0.05) is 13.2 Å². The molecule has 4 heteroatoms. The summed E-state index contributed by atoms with van der Waals surface area (Å²) in [4.78, 5) is 11.8. The van der Waals surface area contributed by atoms with Gasteiger partial charge in [-0.2, -0.15) is 0 Å². The van der Waals surface area contributed by atoms with Crippen LogP contribution in [0.4, 0.5) is 10.1 Å². The van der Waals surface area contributed by atoms with Gasteiger partial charge in [0.15, 0.2) is 0 Å². The van der Waals surface area contributed by atoms with E-state index in [1.807, 2.05) is 0 Å². The molecule has 1 aromatic carbocycles. The molecule has 1 N–H and O–H groups in total. The number of aromatic nitrogens is 1. The summed E-state index contributed by atoms with van der Waals surface area (Å²) in [5, 5.41) is 2.55. The Bertz CT molecular complexity index is 560. The Morgan fingerprint density at radius 1 is 1.35 bits per heavy atom. The molecule has 0 radical (unpaired) electrons. The predicted octanol–water partition coefficient (Wildman–Crippen LogP) is 2.72. The van der Waals surface area contributed by atoms with Crippen molar-refractivity contribution in [1.29, 1.82) is 0 Å². The molecule has 0 aliphatic carbocycles. The van der Waals surface area contributed by atoms with Gasteiger partial charge in [-0.1, -0.05) is 6.07 Å². The fraction of sp³-hybridized carbons (Fsp3) is 0.154. The summed E-state index contributed by atoms with van der Waals surface area (Å²) in [5.74, 6) is -0.743. The third kappa shape index (κ3) is 2.36. The Morgan fingerprint density at radius 3 is 2.71 bits per heavy atom. The van der Waals surface area contributed by atoms with Crippen molar-refractivity contribution in [3.05, 3.63) is 53.6 Å². The largest absolute Gasteiger partial charge is 0.347 e. The number of nitrogens with zero attached hydrogens (tertiary/aromatic N) is 1. The summed E-state index contributed by atoms with van der Waals surface area (Å²) in [6.45, 7) is 1.80. The van der Waals surface area contributed by atoms with Crippen LogP contribution in [0.2, 0.25) is 0 Å². The molecule has 3 nitrogen and oxygen atoms in total. The third-order valence-corrected chi connectivity index (χ3v) is 2.55. The van der Waals surface area contributed by atoms with E-state index in [2.05, 4.69) is 5.32 Å². The maximum atomic E-state index is 13.5. The number of anilines is 1. The van der Waals surface area contributed by atoms with Crippen LogP contribution in [0.5, 0.6) is 0 Å². The van der Waals surface area contributed by atoms with Gasteiger partial charge in [-0.05, 0) is 36.8 Å². The first-order valence-corrected chi connectivity index (χ1v) is 5.27. The number of nitrogens with one attached hydrogen (secondary N) is 1. The van der Waals surface area contributed by atoms with Crippen LogP contribution in [0.3, 0.4) is 0 Å². The average Bonchev–Trinajstić information content (AvgIpc) is 2.68. The van der Waals surface area contributed by atoms with Crippen LogP contribution in [-0.4, -0.2) is 10.5 Å². The third-order valence-electron chi connectivity index (χ3n) is 2.55. The normalized spacial score (nSPS) is 10.3. The molecule has 0 bridgehead atoms. The average molecular weight is 232 g/mol. The van der Waals surface area contributed by atoms with Gasteiger partial charge in [0.2, 0.25) is 0 Å². The standard InChI is InChI=1S/C13H13FN2O/c1-9-5-6-11(10(14)8-9)15-13(17)12-4-3-7-16(12)2/h3-8H,1-2H3,(H,15,17). The molecule has 1 heterocycles. The molecule has 0 aliphatic rings. The molecule has 0 unspecified atom stereocenters. The van der Waals surface area contributed by atoms with Crippen LogP contribution in [0, 0.1) is 12.7 Å². The Hall–Kier alpha value is -2.10. The van der Waals surface area contributed by atoms with Crippen molar-refractivity contribution >= 4 is 11.6 Å². The Kier molecular flexibility index (Phi) is 2.95. The lowest BCUT2D eigenvalue weighted by atomic mass is 10.2. The van der Waals surface area contributed by atoms with Gasteiger partial charge in [0.05, 0.1) is 5.69 Å². The van der Waals surface area contributed by atoms with Crippen LogP contribution in [0.15, 0.2) is 36.5 Å². The minimum atomic E-state index is -0.424. The highest BCUT2D eigenvalue weighted by Gasteiger charge is 2.11. The van der Waals surface area contributed by atoms with Crippen LogP contribution >= 0.6 is 0 Å². The summed E-state index contributed by atoms with van der Waals surface area (Å²) in [5.41, 5.74) is 1.51. The number of carbonyl (C=O) groups is 1. The minimum Gasteiger partial charge on any atom is -0.347 e. The second kappa shape index (κ2) is 4.41. The summed E-state index contributed by atoms with van der Waals surface area (Å²) in [6.07, 6.45) is 1.76. The molecular weight excluding hydrogens is 219 g/mol. The van der Waals surface area contributed by atoms with E-state index in [4.69, 9.17) is 0 Å². The van der Waals surface area contributed by atoms with Crippen molar-refractivity contribution in [1.82, 2.24) is 4.57 Å². The van der Waals surface area contributed by atoms with Gasteiger partial charge >= 0.3 is 0 Å².